The van der Waals surface area contributed by atoms with Crippen molar-refractivity contribution in [3.05, 3.63) is 17.5 Å². The van der Waals surface area contributed by atoms with Crippen LogP contribution in [0, 0.1) is 13.8 Å². The minimum Gasteiger partial charge on any atom is -0.449 e. The molecule has 2 heterocycles. The van der Waals surface area contributed by atoms with E-state index in [0.717, 1.165) is 0 Å². The topological polar surface area (TPSA) is 85.5 Å². The van der Waals surface area contributed by atoms with Crippen LogP contribution in [0.4, 0.5) is 4.79 Å². The SMILES string of the molecule is Cc1cc(OC(=O)O)c2c(C)noc2n1. The predicted molar refractivity (Wildman–Crippen MR) is 49.9 cm³/mol. The lowest BCUT2D eigenvalue weighted by Gasteiger charge is -2.01. The molecular weight excluding hydrogens is 200 g/mol. The summed E-state index contributed by atoms with van der Waals surface area (Å²) in [6.07, 6.45) is -1.37. The van der Waals surface area contributed by atoms with Gasteiger partial charge in [0.15, 0.2) is 5.75 Å². The molecule has 0 atom stereocenters. The first-order chi connectivity index (χ1) is 7.08. The summed E-state index contributed by atoms with van der Waals surface area (Å²) in [4.78, 5) is 14.5. The minimum absolute atomic E-state index is 0.198. The number of fused-ring (bicyclic) bond motifs is 1. The van der Waals surface area contributed by atoms with Crippen LogP contribution in [-0.4, -0.2) is 21.4 Å². The average molecular weight is 208 g/mol. The standard InChI is InChI=1S/C9H8N2O4/c1-4-3-6(14-9(12)13)7-5(2)11-15-8(7)10-4/h3H,1-2H3,(H,12,13). The second kappa shape index (κ2) is 3.23. The number of ether oxygens (including phenoxy) is 1. The van der Waals surface area contributed by atoms with Crippen molar-refractivity contribution in [2.45, 2.75) is 13.8 Å². The van der Waals surface area contributed by atoms with Gasteiger partial charge in [-0.05, 0) is 13.8 Å². The van der Waals surface area contributed by atoms with E-state index < -0.39 is 6.16 Å². The first-order valence-corrected chi connectivity index (χ1v) is 4.22. The zero-order chi connectivity index (χ0) is 11.0. The molecule has 0 spiro atoms. The number of hydrogen-bond donors (Lipinski definition) is 1. The Bertz CT molecular complexity index is 532. The van der Waals surface area contributed by atoms with Crippen molar-refractivity contribution in [2.75, 3.05) is 0 Å². The van der Waals surface area contributed by atoms with Crippen LogP contribution in [0.5, 0.6) is 5.75 Å². The Morgan fingerprint density at radius 3 is 2.93 bits per heavy atom. The van der Waals surface area contributed by atoms with Gasteiger partial charge in [0.2, 0.25) is 0 Å². The van der Waals surface area contributed by atoms with Gasteiger partial charge in [-0.15, -0.1) is 0 Å². The van der Waals surface area contributed by atoms with Crippen LogP contribution in [0.2, 0.25) is 0 Å². The maximum absolute atomic E-state index is 10.5. The summed E-state index contributed by atoms with van der Waals surface area (Å²) in [5, 5.41) is 12.7. The van der Waals surface area contributed by atoms with E-state index in [1.165, 1.54) is 6.07 Å². The molecule has 2 aromatic heterocycles. The summed E-state index contributed by atoms with van der Waals surface area (Å²) in [6, 6.07) is 1.53. The van der Waals surface area contributed by atoms with Crippen LogP contribution in [0.1, 0.15) is 11.4 Å². The van der Waals surface area contributed by atoms with Gasteiger partial charge < -0.3 is 14.4 Å². The highest BCUT2D eigenvalue weighted by Crippen LogP contribution is 2.28. The van der Waals surface area contributed by atoms with Gasteiger partial charge in [-0.3, -0.25) is 0 Å². The molecular formula is C9H8N2O4. The van der Waals surface area contributed by atoms with Crippen LogP contribution < -0.4 is 4.74 Å². The van der Waals surface area contributed by atoms with Gasteiger partial charge in [-0.2, -0.15) is 0 Å². The van der Waals surface area contributed by atoms with E-state index >= 15 is 0 Å². The van der Waals surface area contributed by atoms with E-state index in [-0.39, 0.29) is 11.5 Å². The molecule has 15 heavy (non-hydrogen) atoms. The van der Waals surface area contributed by atoms with Gasteiger partial charge in [0.05, 0.1) is 5.69 Å². The first-order valence-electron chi connectivity index (χ1n) is 4.22. The molecule has 0 saturated carbocycles. The number of rotatable bonds is 1. The molecule has 6 heteroatoms. The van der Waals surface area contributed by atoms with Crippen LogP contribution in [-0.2, 0) is 0 Å². The minimum atomic E-state index is -1.37. The third-order valence-electron chi connectivity index (χ3n) is 1.91. The number of aryl methyl sites for hydroxylation is 2. The normalized spacial score (nSPS) is 10.5. The van der Waals surface area contributed by atoms with E-state index in [2.05, 4.69) is 14.9 Å². The van der Waals surface area contributed by atoms with Crippen molar-refractivity contribution < 1.29 is 19.2 Å². The summed E-state index contributed by atoms with van der Waals surface area (Å²) in [5.74, 6) is 0.198. The maximum Gasteiger partial charge on any atom is 0.511 e. The molecule has 0 radical (unpaired) electrons. The van der Waals surface area contributed by atoms with Crippen LogP contribution in [0.15, 0.2) is 10.6 Å². The van der Waals surface area contributed by atoms with E-state index in [9.17, 15) is 4.79 Å². The van der Waals surface area contributed by atoms with E-state index in [0.29, 0.717) is 16.8 Å². The fourth-order valence-corrected chi connectivity index (χ4v) is 1.35. The highest BCUT2D eigenvalue weighted by atomic mass is 16.7. The number of carbonyl (C=O) groups is 1. The molecule has 0 aliphatic heterocycles. The largest absolute Gasteiger partial charge is 0.511 e. The van der Waals surface area contributed by atoms with Gasteiger partial charge in [0.1, 0.15) is 5.39 Å². The Kier molecular flexibility index (Phi) is 2.03. The zero-order valence-corrected chi connectivity index (χ0v) is 8.14. The van der Waals surface area contributed by atoms with Gasteiger partial charge in [0, 0.05) is 11.8 Å². The number of hydrogen-bond acceptors (Lipinski definition) is 5. The third kappa shape index (κ3) is 1.61. The highest BCUT2D eigenvalue weighted by molar-refractivity contribution is 5.85. The fourth-order valence-electron chi connectivity index (χ4n) is 1.35. The van der Waals surface area contributed by atoms with Crippen molar-refractivity contribution >= 4 is 17.3 Å². The highest BCUT2D eigenvalue weighted by Gasteiger charge is 2.15. The first kappa shape index (κ1) is 9.45. The Balaban J connectivity index is 2.68. The number of aromatic nitrogens is 2. The Morgan fingerprint density at radius 2 is 2.27 bits per heavy atom. The van der Waals surface area contributed by atoms with Gasteiger partial charge in [-0.25, -0.2) is 9.78 Å². The molecule has 0 fully saturated rings. The predicted octanol–water partition coefficient (Wildman–Crippen LogP) is 1.90. The second-order valence-corrected chi connectivity index (χ2v) is 3.08. The zero-order valence-electron chi connectivity index (χ0n) is 8.14. The lowest BCUT2D eigenvalue weighted by atomic mass is 10.2. The maximum atomic E-state index is 10.5. The van der Waals surface area contributed by atoms with Crippen molar-refractivity contribution in [1.29, 1.82) is 0 Å². The molecule has 0 aromatic carbocycles. The summed E-state index contributed by atoms with van der Waals surface area (Å²) >= 11 is 0. The average Bonchev–Trinajstić information content (AvgIpc) is 2.46. The monoisotopic (exact) mass is 208 g/mol. The van der Waals surface area contributed by atoms with Gasteiger partial charge >= 0.3 is 6.16 Å². The molecule has 2 rings (SSSR count). The molecule has 0 unspecified atom stereocenters. The molecule has 0 saturated heterocycles. The van der Waals surface area contributed by atoms with Crippen molar-refractivity contribution in [1.82, 2.24) is 10.1 Å². The number of carboxylic acid groups (broad SMARTS) is 1. The molecule has 0 aliphatic carbocycles. The Hall–Kier alpha value is -2.11. The van der Waals surface area contributed by atoms with E-state index in [4.69, 9.17) is 9.63 Å². The lowest BCUT2D eigenvalue weighted by Crippen LogP contribution is -2.04. The van der Waals surface area contributed by atoms with Crippen molar-refractivity contribution in [3.8, 4) is 5.75 Å². The summed E-state index contributed by atoms with van der Waals surface area (Å²) in [7, 11) is 0. The lowest BCUT2D eigenvalue weighted by molar-refractivity contribution is 0.145. The molecule has 0 amide bonds. The van der Waals surface area contributed by atoms with E-state index in [1.807, 2.05) is 0 Å². The Labute approximate surface area is 84.5 Å². The molecule has 0 bridgehead atoms. The molecule has 2 aromatic rings. The van der Waals surface area contributed by atoms with Crippen molar-refractivity contribution in [3.63, 3.8) is 0 Å². The summed E-state index contributed by atoms with van der Waals surface area (Å²) < 4.78 is 9.54. The summed E-state index contributed by atoms with van der Waals surface area (Å²) in [6.45, 7) is 3.41. The number of nitrogens with zero attached hydrogens (tertiary/aromatic N) is 2. The Morgan fingerprint density at radius 1 is 1.53 bits per heavy atom. The fraction of sp³-hybridized carbons (Fsp3) is 0.222. The summed E-state index contributed by atoms with van der Waals surface area (Å²) in [5.41, 5.74) is 1.44. The number of pyridine rings is 1. The quantitative estimate of drug-likeness (QED) is 0.720. The third-order valence-corrected chi connectivity index (χ3v) is 1.91. The molecule has 0 aliphatic rings. The molecule has 78 valence electrons. The molecule has 6 nitrogen and oxygen atoms in total. The second-order valence-electron chi connectivity index (χ2n) is 3.08. The van der Waals surface area contributed by atoms with Crippen LogP contribution in [0.25, 0.3) is 11.1 Å². The van der Waals surface area contributed by atoms with E-state index in [1.54, 1.807) is 13.8 Å². The van der Waals surface area contributed by atoms with Crippen LogP contribution >= 0.6 is 0 Å². The molecule has 1 N–H and O–H groups in total. The van der Waals surface area contributed by atoms with Gasteiger partial charge in [-0.1, -0.05) is 5.16 Å². The van der Waals surface area contributed by atoms with Crippen molar-refractivity contribution in [2.24, 2.45) is 0 Å². The smallest absolute Gasteiger partial charge is 0.449 e. The van der Waals surface area contributed by atoms with Gasteiger partial charge in [0.25, 0.3) is 5.71 Å². The van der Waals surface area contributed by atoms with Crippen LogP contribution in [0.3, 0.4) is 0 Å².